The Labute approximate surface area is 111 Å². The summed E-state index contributed by atoms with van der Waals surface area (Å²) in [6.07, 6.45) is 4.17. The van der Waals surface area contributed by atoms with Crippen LogP contribution in [0.1, 0.15) is 20.3 Å². The van der Waals surface area contributed by atoms with Crippen LogP contribution in [0, 0.1) is 0 Å². The minimum atomic E-state index is 0.0795. The molecule has 1 amide bonds. The van der Waals surface area contributed by atoms with E-state index in [4.69, 9.17) is 0 Å². The Balaban J connectivity index is 1.99. The molecular formula is C13H17N3OS. The van der Waals surface area contributed by atoms with Crippen molar-refractivity contribution in [1.29, 1.82) is 0 Å². The lowest BCUT2D eigenvalue weighted by molar-refractivity contribution is -0.121. The third kappa shape index (κ3) is 3.20. The van der Waals surface area contributed by atoms with Gasteiger partial charge in [-0.25, -0.2) is 4.98 Å². The van der Waals surface area contributed by atoms with Crippen LogP contribution in [0.3, 0.4) is 0 Å². The maximum atomic E-state index is 11.6. The van der Waals surface area contributed by atoms with Crippen LogP contribution in [-0.4, -0.2) is 21.5 Å². The lowest BCUT2D eigenvalue weighted by atomic mass is 10.3. The summed E-state index contributed by atoms with van der Waals surface area (Å²) in [4.78, 5) is 17.1. The fraction of sp³-hybridized carbons (Fsp3) is 0.385. The number of nitrogens with zero attached hydrogens (tertiary/aromatic N) is 2. The number of nitrogens with one attached hydrogen (secondary N) is 1. The van der Waals surface area contributed by atoms with Gasteiger partial charge in [0.1, 0.15) is 5.82 Å². The van der Waals surface area contributed by atoms with E-state index >= 15 is 0 Å². The van der Waals surface area contributed by atoms with E-state index in [-0.39, 0.29) is 11.9 Å². The second-order valence-corrected chi connectivity index (χ2v) is 5.34. The number of imidazole rings is 1. The fourth-order valence-electron chi connectivity index (χ4n) is 1.74. The van der Waals surface area contributed by atoms with E-state index in [9.17, 15) is 4.79 Å². The molecule has 2 aromatic rings. The van der Waals surface area contributed by atoms with Crippen molar-refractivity contribution in [3.8, 4) is 10.7 Å². The molecule has 2 heterocycles. The highest BCUT2D eigenvalue weighted by Gasteiger charge is 2.09. The lowest BCUT2D eigenvalue weighted by Crippen LogP contribution is -2.30. The third-order valence-electron chi connectivity index (χ3n) is 2.49. The highest BCUT2D eigenvalue weighted by molar-refractivity contribution is 7.13. The van der Waals surface area contributed by atoms with Crippen LogP contribution in [0.5, 0.6) is 0 Å². The fourth-order valence-corrected chi connectivity index (χ4v) is 2.47. The van der Waals surface area contributed by atoms with Gasteiger partial charge < -0.3 is 9.88 Å². The van der Waals surface area contributed by atoms with Crippen molar-refractivity contribution in [2.75, 3.05) is 0 Å². The number of rotatable bonds is 5. The SMILES string of the molecule is CC(C)NC(=O)CCn1ccnc1-c1cccs1. The number of hydrogen-bond acceptors (Lipinski definition) is 3. The van der Waals surface area contributed by atoms with Gasteiger partial charge in [0.15, 0.2) is 0 Å². The molecule has 5 heteroatoms. The van der Waals surface area contributed by atoms with Gasteiger partial charge in [0.2, 0.25) is 5.91 Å². The number of aryl methyl sites for hydroxylation is 1. The predicted octanol–water partition coefficient (Wildman–Crippen LogP) is 2.53. The second-order valence-electron chi connectivity index (χ2n) is 4.39. The monoisotopic (exact) mass is 263 g/mol. The summed E-state index contributed by atoms with van der Waals surface area (Å²) in [6.45, 7) is 4.59. The first-order chi connectivity index (χ1) is 8.66. The van der Waals surface area contributed by atoms with Crippen molar-refractivity contribution in [3.05, 3.63) is 29.9 Å². The topological polar surface area (TPSA) is 46.9 Å². The molecule has 18 heavy (non-hydrogen) atoms. The number of amides is 1. The first kappa shape index (κ1) is 12.8. The number of aromatic nitrogens is 2. The highest BCUT2D eigenvalue weighted by Crippen LogP contribution is 2.22. The molecule has 0 aliphatic rings. The van der Waals surface area contributed by atoms with Crippen molar-refractivity contribution in [2.24, 2.45) is 0 Å². The number of carbonyl (C=O) groups excluding carboxylic acids is 1. The van der Waals surface area contributed by atoms with Crippen molar-refractivity contribution < 1.29 is 4.79 Å². The maximum absolute atomic E-state index is 11.6. The van der Waals surface area contributed by atoms with E-state index in [1.807, 2.05) is 42.1 Å². The summed E-state index contributed by atoms with van der Waals surface area (Å²) in [5.41, 5.74) is 0. The summed E-state index contributed by atoms with van der Waals surface area (Å²) in [7, 11) is 0. The van der Waals surface area contributed by atoms with Gasteiger partial charge in [0, 0.05) is 31.4 Å². The Morgan fingerprint density at radius 2 is 2.39 bits per heavy atom. The molecule has 0 saturated carbocycles. The molecular weight excluding hydrogens is 246 g/mol. The molecule has 2 aromatic heterocycles. The van der Waals surface area contributed by atoms with Crippen LogP contribution in [0.25, 0.3) is 10.7 Å². The summed E-state index contributed by atoms with van der Waals surface area (Å²) in [6, 6.07) is 4.24. The van der Waals surface area contributed by atoms with Crippen LogP contribution < -0.4 is 5.32 Å². The maximum Gasteiger partial charge on any atom is 0.221 e. The molecule has 0 fully saturated rings. The molecule has 4 nitrogen and oxygen atoms in total. The molecule has 1 N–H and O–H groups in total. The minimum absolute atomic E-state index is 0.0795. The van der Waals surface area contributed by atoms with E-state index in [1.54, 1.807) is 17.5 Å². The molecule has 0 radical (unpaired) electrons. The standard InChI is InChI=1S/C13H17N3OS/c1-10(2)15-12(17)5-7-16-8-6-14-13(16)11-4-3-9-18-11/h3-4,6,8-10H,5,7H2,1-2H3,(H,15,17). The van der Waals surface area contributed by atoms with Crippen LogP contribution in [0.2, 0.25) is 0 Å². The molecule has 0 aliphatic heterocycles. The zero-order chi connectivity index (χ0) is 13.0. The van der Waals surface area contributed by atoms with Gasteiger partial charge in [-0.15, -0.1) is 11.3 Å². The van der Waals surface area contributed by atoms with E-state index < -0.39 is 0 Å². The first-order valence-corrected chi connectivity index (χ1v) is 6.89. The zero-order valence-corrected chi connectivity index (χ0v) is 11.4. The second kappa shape index (κ2) is 5.82. The molecule has 0 spiro atoms. The zero-order valence-electron chi connectivity index (χ0n) is 10.6. The van der Waals surface area contributed by atoms with Crippen LogP contribution >= 0.6 is 11.3 Å². The average molecular weight is 263 g/mol. The average Bonchev–Trinajstić information content (AvgIpc) is 2.96. The Morgan fingerprint density at radius 3 is 3.06 bits per heavy atom. The van der Waals surface area contributed by atoms with Crippen LogP contribution in [0.15, 0.2) is 29.9 Å². The Bertz CT molecular complexity index is 502. The predicted molar refractivity (Wildman–Crippen MR) is 73.4 cm³/mol. The number of carbonyl (C=O) groups is 1. The molecule has 0 bridgehead atoms. The Morgan fingerprint density at radius 1 is 1.56 bits per heavy atom. The van der Waals surface area contributed by atoms with Crippen LogP contribution in [-0.2, 0) is 11.3 Å². The van der Waals surface area contributed by atoms with Crippen molar-refractivity contribution >= 4 is 17.2 Å². The largest absolute Gasteiger partial charge is 0.354 e. The van der Waals surface area contributed by atoms with Gasteiger partial charge in [-0.1, -0.05) is 6.07 Å². The normalized spacial score (nSPS) is 10.8. The number of hydrogen-bond donors (Lipinski definition) is 1. The van der Waals surface area contributed by atoms with Gasteiger partial charge in [-0.05, 0) is 25.3 Å². The number of thiophene rings is 1. The quantitative estimate of drug-likeness (QED) is 0.901. The minimum Gasteiger partial charge on any atom is -0.354 e. The molecule has 96 valence electrons. The van der Waals surface area contributed by atoms with Crippen molar-refractivity contribution in [3.63, 3.8) is 0 Å². The van der Waals surface area contributed by atoms with Gasteiger partial charge in [0.25, 0.3) is 0 Å². The van der Waals surface area contributed by atoms with Crippen molar-refractivity contribution in [2.45, 2.75) is 32.9 Å². The van der Waals surface area contributed by atoms with Crippen LogP contribution in [0.4, 0.5) is 0 Å². The van der Waals surface area contributed by atoms with Gasteiger partial charge in [-0.3, -0.25) is 4.79 Å². The molecule has 0 aromatic carbocycles. The summed E-state index contributed by atoms with van der Waals surface area (Å²) >= 11 is 1.66. The first-order valence-electron chi connectivity index (χ1n) is 6.01. The smallest absolute Gasteiger partial charge is 0.221 e. The van der Waals surface area contributed by atoms with E-state index in [1.165, 1.54) is 0 Å². The van der Waals surface area contributed by atoms with Crippen molar-refractivity contribution in [1.82, 2.24) is 14.9 Å². The summed E-state index contributed by atoms with van der Waals surface area (Å²) in [5, 5.41) is 4.92. The summed E-state index contributed by atoms with van der Waals surface area (Å²) < 4.78 is 2.02. The summed E-state index contributed by atoms with van der Waals surface area (Å²) in [5.74, 6) is 1.01. The molecule has 0 unspecified atom stereocenters. The third-order valence-corrected chi connectivity index (χ3v) is 3.35. The molecule has 0 atom stereocenters. The van der Waals surface area contributed by atoms with Gasteiger partial charge in [-0.2, -0.15) is 0 Å². The highest BCUT2D eigenvalue weighted by atomic mass is 32.1. The lowest BCUT2D eigenvalue weighted by Gasteiger charge is -2.09. The Kier molecular flexibility index (Phi) is 4.15. The van der Waals surface area contributed by atoms with E-state index in [0.29, 0.717) is 13.0 Å². The van der Waals surface area contributed by atoms with E-state index in [2.05, 4.69) is 10.3 Å². The molecule has 0 saturated heterocycles. The molecule has 0 aliphatic carbocycles. The van der Waals surface area contributed by atoms with Gasteiger partial charge >= 0.3 is 0 Å². The van der Waals surface area contributed by atoms with E-state index in [0.717, 1.165) is 10.7 Å². The van der Waals surface area contributed by atoms with Gasteiger partial charge in [0.05, 0.1) is 4.88 Å². The Hall–Kier alpha value is -1.62. The molecule has 2 rings (SSSR count).